The van der Waals surface area contributed by atoms with Crippen LogP contribution in [0, 0.1) is 35.5 Å². The van der Waals surface area contributed by atoms with Crippen molar-refractivity contribution < 1.29 is 62.6 Å². The van der Waals surface area contributed by atoms with E-state index in [1.165, 1.54) is 17.6 Å². The highest BCUT2D eigenvalue weighted by atomic mass is 16.6. The summed E-state index contributed by atoms with van der Waals surface area (Å²) in [4.78, 5) is 72.7. The number of aliphatic hydroxyl groups excluding tert-OH is 1. The minimum Gasteiger partial charge on any atom is -0.460 e. The topological polar surface area (TPSA) is 184 Å². The molecule has 2 bridgehead atoms. The van der Waals surface area contributed by atoms with Gasteiger partial charge in [0.1, 0.15) is 30.1 Å². The molecule has 0 spiro atoms. The molecule has 2 N–H and O–H groups in total. The second-order valence-electron chi connectivity index (χ2n) is 22.0. The number of Topliss-reactive ketones (excluding diaryl/α,β-unsaturated/α-hetero) is 3. The maximum atomic E-state index is 14.6. The Hall–Kier alpha value is -4.15. The fourth-order valence-corrected chi connectivity index (χ4v) is 11.4. The van der Waals surface area contributed by atoms with Gasteiger partial charge in [0.05, 0.1) is 24.4 Å². The number of amides is 1. The number of piperidine rings is 1. The van der Waals surface area contributed by atoms with E-state index in [0.29, 0.717) is 57.1 Å². The van der Waals surface area contributed by atoms with Crippen LogP contribution < -0.4 is 0 Å². The predicted octanol–water partition coefficient (Wildman–Crippen LogP) is 8.84. The van der Waals surface area contributed by atoms with Crippen molar-refractivity contribution in [1.29, 1.82) is 0 Å². The Morgan fingerprint density at radius 1 is 0.824 bits per heavy atom. The number of esters is 1. The first kappa shape index (κ1) is 60.7. The normalized spacial score (nSPS) is 36.9. The Bertz CT molecular complexity index is 2120. The fourth-order valence-electron chi connectivity index (χ4n) is 11.4. The lowest BCUT2D eigenvalue weighted by atomic mass is 9.78. The number of benzene rings is 1. The summed E-state index contributed by atoms with van der Waals surface area (Å²) in [5, 5.41) is 23.6. The van der Waals surface area contributed by atoms with E-state index < -0.39 is 77.8 Å². The Morgan fingerprint density at radius 3 is 2.27 bits per heavy atom. The number of rotatable bonds is 11. The van der Waals surface area contributed by atoms with E-state index >= 15 is 0 Å². The molecule has 0 unspecified atom stereocenters. The van der Waals surface area contributed by atoms with Crippen LogP contribution in [0.5, 0.6) is 0 Å². The molecular formula is C60H89NO13. The van der Waals surface area contributed by atoms with Gasteiger partial charge in [-0.15, -0.1) is 0 Å². The molecule has 1 aliphatic carbocycles. The Kier molecular flexibility index (Phi) is 24.1. The number of carbonyl (C=O) groups is 5. The summed E-state index contributed by atoms with van der Waals surface area (Å²) in [6, 6.07) is 9.19. The van der Waals surface area contributed by atoms with Crippen molar-refractivity contribution in [2.75, 3.05) is 34.5 Å². The quantitative estimate of drug-likeness (QED) is 0.0929. The van der Waals surface area contributed by atoms with Crippen LogP contribution in [-0.4, -0.2) is 133 Å². The van der Waals surface area contributed by atoms with Crippen molar-refractivity contribution in [1.82, 2.24) is 4.90 Å². The van der Waals surface area contributed by atoms with Gasteiger partial charge in [-0.25, -0.2) is 4.79 Å². The highest BCUT2D eigenvalue weighted by Gasteiger charge is 2.53. The molecule has 3 aliphatic heterocycles. The number of aliphatic hydroxyl groups is 2. The molecule has 1 amide bonds. The van der Waals surface area contributed by atoms with Gasteiger partial charge >= 0.3 is 5.97 Å². The highest BCUT2D eigenvalue weighted by Crippen LogP contribution is 2.38. The van der Waals surface area contributed by atoms with Crippen LogP contribution in [0.4, 0.5) is 0 Å². The number of allylic oxidation sites excluding steroid dienone is 6. The zero-order chi connectivity index (χ0) is 54.1. The minimum atomic E-state index is -2.43. The SMILES string of the molecule is CO[C@H]1C[C@@H]2CC[C@@H](C)[C@@](O)(O2)C(=O)C(=O)N2CCCC[C@H]2C(=O)O[C@H]([C@H](C)C[C@@H]2CC[C@@H](OCCCc3ccccc3)[C@H](OC)C2)CC(=O)[C@H](C)/C=C(\C)[C@@H](O)[C@@H](OC)C(=O)[C@H](C)C[C@H](C)/C=C/C=C/C=C/1C. The number of cyclic esters (lactones) is 1. The van der Waals surface area contributed by atoms with Gasteiger partial charge in [-0.2, -0.15) is 0 Å². The summed E-state index contributed by atoms with van der Waals surface area (Å²) in [5.74, 6) is -7.80. The summed E-state index contributed by atoms with van der Waals surface area (Å²) in [6.07, 6.45) is 14.4. The van der Waals surface area contributed by atoms with Gasteiger partial charge in [0, 0.05) is 65.1 Å². The van der Waals surface area contributed by atoms with Crippen molar-refractivity contribution in [2.24, 2.45) is 35.5 Å². The van der Waals surface area contributed by atoms with Crippen LogP contribution in [0.3, 0.4) is 0 Å². The van der Waals surface area contributed by atoms with Crippen molar-refractivity contribution in [2.45, 2.75) is 193 Å². The van der Waals surface area contributed by atoms with E-state index in [9.17, 15) is 34.2 Å². The Balaban J connectivity index is 1.41. The summed E-state index contributed by atoms with van der Waals surface area (Å²) in [5.41, 5.74) is 2.55. The molecule has 74 heavy (non-hydrogen) atoms. The first-order valence-corrected chi connectivity index (χ1v) is 27.5. The smallest absolute Gasteiger partial charge is 0.329 e. The number of carbonyl (C=O) groups excluding carboxylic acids is 5. The summed E-state index contributed by atoms with van der Waals surface area (Å²) >= 11 is 0. The lowest BCUT2D eigenvalue weighted by Gasteiger charge is -2.42. The molecule has 14 heteroatoms. The van der Waals surface area contributed by atoms with Crippen LogP contribution in [0.25, 0.3) is 0 Å². The van der Waals surface area contributed by atoms with Crippen LogP contribution in [0.1, 0.15) is 138 Å². The average Bonchev–Trinajstić information content (AvgIpc) is 3.39. The number of hydrogen-bond donors (Lipinski definition) is 2. The van der Waals surface area contributed by atoms with Crippen LogP contribution in [0.2, 0.25) is 0 Å². The second-order valence-corrected chi connectivity index (χ2v) is 22.0. The zero-order valence-corrected chi connectivity index (χ0v) is 46.1. The van der Waals surface area contributed by atoms with E-state index in [0.717, 1.165) is 37.7 Å². The second kappa shape index (κ2) is 29.4. The standard InChI is InChI=1S/C60H89NO13/c1-38-20-13-11-14-21-39(2)51(69-8)36-47-28-26-44(7)60(68,74-47)57(65)58(66)61-30-18-17-25-48(61)59(67)73-52(37-49(62)40(3)33-43(6)55(64)56(71-10)54(63)42(5)32-38)41(4)34-46-27-29-50(53(35-46)70-9)72-31-19-24-45-22-15-12-16-23-45/h11-16,20-23,33,38,40-42,44,46-48,50-53,55-56,64,68H,17-19,24-32,34-37H2,1-10H3/b14-11+,20-13+,39-21+,43-33+/t38-,40-,41-,42-,44-,46+,47+,48+,50-,51+,52+,53-,55-,56+,60-/m1/s1. The number of methoxy groups -OCH3 is 3. The molecule has 2 saturated heterocycles. The Morgan fingerprint density at radius 2 is 1.57 bits per heavy atom. The number of ether oxygens (including phenoxy) is 6. The molecule has 3 fully saturated rings. The monoisotopic (exact) mass is 1030 g/mol. The van der Waals surface area contributed by atoms with E-state index in [4.69, 9.17) is 28.4 Å². The first-order valence-electron chi connectivity index (χ1n) is 27.5. The largest absolute Gasteiger partial charge is 0.460 e. The van der Waals surface area contributed by atoms with Gasteiger partial charge in [0.25, 0.3) is 11.7 Å². The molecule has 412 valence electrons. The summed E-state index contributed by atoms with van der Waals surface area (Å²) in [7, 11) is 4.68. The number of nitrogens with zero attached hydrogens (tertiary/aromatic N) is 1. The van der Waals surface area contributed by atoms with Gasteiger partial charge in [-0.05, 0) is 125 Å². The molecule has 1 saturated carbocycles. The molecule has 0 radical (unpaired) electrons. The van der Waals surface area contributed by atoms with Crippen molar-refractivity contribution in [3.8, 4) is 0 Å². The third kappa shape index (κ3) is 16.7. The van der Waals surface area contributed by atoms with E-state index in [2.05, 4.69) is 12.1 Å². The maximum absolute atomic E-state index is 14.6. The summed E-state index contributed by atoms with van der Waals surface area (Å²) < 4.78 is 36.4. The number of ketones is 3. The van der Waals surface area contributed by atoms with Crippen LogP contribution >= 0.6 is 0 Å². The lowest BCUT2D eigenvalue weighted by molar-refractivity contribution is -0.265. The first-order chi connectivity index (χ1) is 35.3. The minimum absolute atomic E-state index is 0.0190. The number of fused-ring (bicyclic) bond motifs is 3. The van der Waals surface area contributed by atoms with Crippen molar-refractivity contribution >= 4 is 29.2 Å². The van der Waals surface area contributed by atoms with E-state index in [1.54, 1.807) is 41.1 Å². The van der Waals surface area contributed by atoms with E-state index in [1.807, 2.05) is 76.3 Å². The highest BCUT2D eigenvalue weighted by molar-refractivity contribution is 6.39. The molecule has 1 aromatic carbocycles. The lowest BCUT2D eigenvalue weighted by Crippen LogP contribution is -2.61. The van der Waals surface area contributed by atoms with E-state index in [-0.39, 0.29) is 60.9 Å². The van der Waals surface area contributed by atoms with Crippen LogP contribution in [0.15, 0.2) is 77.9 Å². The van der Waals surface area contributed by atoms with Crippen molar-refractivity contribution in [3.05, 3.63) is 83.5 Å². The molecule has 14 nitrogen and oxygen atoms in total. The molecule has 5 rings (SSSR count). The van der Waals surface area contributed by atoms with Gasteiger partial charge < -0.3 is 43.5 Å². The third-order valence-electron chi connectivity index (χ3n) is 16.2. The molecule has 0 aromatic heterocycles. The number of aryl methyl sites for hydroxylation is 1. The maximum Gasteiger partial charge on any atom is 0.329 e. The van der Waals surface area contributed by atoms with Gasteiger partial charge in [-0.1, -0.05) is 101 Å². The summed E-state index contributed by atoms with van der Waals surface area (Å²) in [6.45, 7) is 13.5. The number of hydrogen-bond acceptors (Lipinski definition) is 13. The average molecular weight is 1030 g/mol. The van der Waals surface area contributed by atoms with Gasteiger partial charge in [0.2, 0.25) is 5.79 Å². The third-order valence-corrected chi connectivity index (χ3v) is 16.2. The zero-order valence-electron chi connectivity index (χ0n) is 46.1. The van der Waals surface area contributed by atoms with Crippen molar-refractivity contribution in [3.63, 3.8) is 0 Å². The predicted molar refractivity (Wildman–Crippen MR) is 284 cm³/mol. The fraction of sp³-hybridized carbons (Fsp3) is 0.683. The Labute approximate surface area is 441 Å². The molecule has 1 aromatic rings. The molecule has 3 heterocycles. The van der Waals surface area contributed by atoms with Gasteiger partial charge in [0.15, 0.2) is 5.78 Å². The molecule has 15 atom stereocenters. The molecular weight excluding hydrogens is 943 g/mol. The van der Waals surface area contributed by atoms with Gasteiger partial charge in [-0.3, -0.25) is 19.2 Å². The van der Waals surface area contributed by atoms with Crippen LogP contribution in [-0.2, 0) is 58.8 Å². The molecule has 4 aliphatic rings.